The molecule has 5 aromatic rings. The van der Waals surface area contributed by atoms with E-state index in [-0.39, 0.29) is 0 Å². The summed E-state index contributed by atoms with van der Waals surface area (Å²) in [6, 6.07) is 29.1. The molecule has 0 fully saturated rings. The van der Waals surface area contributed by atoms with Crippen molar-refractivity contribution in [2.75, 3.05) is 0 Å². The fourth-order valence-corrected chi connectivity index (χ4v) is 4.12. The third-order valence-electron chi connectivity index (χ3n) is 4.97. The van der Waals surface area contributed by atoms with E-state index < -0.39 is 0 Å². The maximum atomic E-state index is 6.65. The van der Waals surface area contributed by atoms with Gasteiger partial charge < -0.3 is 4.98 Å². The second kappa shape index (κ2) is 6.45. The van der Waals surface area contributed by atoms with E-state index in [4.69, 9.17) is 23.2 Å². The first-order chi connectivity index (χ1) is 13.2. The molecule has 0 bridgehead atoms. The van der Waals surface area contributed by atoms with Crippen molar-refractivity contribution < 1.29 is 0 Å². The standard InChI is InChI=1S/C24H15Cl2N/c25-22-18(16-9-5-2-6-10-16)14-20-19-13-17(15-7-3-1-4-8-15)11-12-21(19)27-24(20)23(22)26/h1-14,27H. The molecular weight excluding hydrogens is 373 g/mol. The van der Waals surface area contributed by atoms with Crippen molar-refractivity contribution in [3.8, 4) is 22.3 Å². The average Bonchev–Trinajstić information content (AvgIpc) is 3.10. The van der Waals surface area contributed by atoms with Gasteiger partial charge in [0.15, 0.2) is 0 Å². The molecule has 27 heavy (non-hydrogen) atoms. The number of H-pyrrole nitrogens is 1. The monoisotopic (exact) mass is 387 g/mol. The van der Waals surface area contributed by atoms with Crippen LogP contribution in [0.25, 0.3) is 44.1 Å². The molecule has 0 aliphatic heterocycles. The van der Waals surface area contributed by atoms with Crippen LogP contribution in [0.2, 0.25) is 10.0 Å². The number of hydrogen-bond donors (Lipinski definition) is 1. The van der Waals surface area contributed by atoms with Gasteiger partial charge in [0.2, 0.25) is 0 Å². The quantitative estimate of drug-likeness (QED) is 0.316. The largest absolute Gasteiger partial charge is 0.353 e. The normalized spacial score (nSPS) is 11.3. The van der Waals surface area contributed by atoms with Crippen molar-refractivity contribution in [1.29, 1.82) is 0 Å². The molecule has 0 saturated heterocycles. The molecule has 0 spiro atoms. The molecule has 0 aliphatic rings. The van der Waals surface area contributed by atoms with E-state index in [1.807, 2.05) is 36.4 Å². The molecule has 0 aliphatic carbocycles. The zero-order valence-electron chi connectivity index (χ0n) is 14.3. The van der Waals surface area contributed by atoms with Gasteiger partial charge in [-0.15, -0.1) is 0 Å². The van der Waals surface area contributed by atoms with Crippen LogP contribution in [0.3, 0.4) is 0 Å². The van der Waals surface area contributed by atoms with Crippen LogP contribution >= 0.6 is 23.2 Å². The highest BCUT2D eigenvalue weighted by Crippen LogP contribution is 2.42. The Labute approximate surface area is 167 Å². The fraction of sp³-hybridized carbons (Fsp3) is 0. The van der Waals surface area contributed by atoms with Gasteiger partial charge >= 0.3 is 0 Å². The highest BCUT2D eigenvalue weighted by Gasteiger charge is 2.16. The maximum absolute atomic E-state index is 6.65. The zero-order chi connectivity index (χ0) is 18.4. The smallest absolute Gasteiger partial charge is 0.0839 e. The summed E-state index contributed by atoms with van der Waals surface area (Å²) in [5.74, 6) is 0. The van der Waals surface area contributed by atoms with Crippen molar-refractivity contribution >= 4 is 45.0 Å². The van der Waals surface area contributed by atoms with Crippen LogP contribution < -0.4 is 0 Å². The summed E-state index contributed by atoms with van der Waals surface area (Å²) < 4.78 is 0. The fourth-order valence-electron chi connectivity index (χ4n) is 3.61. The first-order valence-corrected chi connectivity index (χ1v) is 9.52. The lowest BCUT2D eigenvalue weighted by molar-refractivity contribution is 1.54. The predicted molar refractivity (Wildman–Crippen MR) is 117 cm³/mol. The van der Waals surface area contributed by atoms with Gasteiger partial charge in [-0.1, -0.05) is 89.9 Å². The molecule has 1 aromatic heterocycles. The Kier molecular flexibility index (Phi) is 3.93. The van der Waals surface area contributed by atoms with Gasteiger partial charge in [0, 0.05) is 21.9 Å². The first kappa shape index (κ1) is 16.4. The molecule has 3 heteroatoms. The van der Waals surface area contributed by atoms with Crippen molar-refractivity contribution in [3.05, 3.63) is 95.0 Å². The summed E-state index contributed by atoms with van der Waals surface area (Å²) in [6.45, 7) is 0. The van der Waals surface area contributed by atoms with Gasteiger partial charge in [-0.3, -0.25) is 0 Å². The minimum Gasteiger partial charge on any atom is -0.353 e. The lowest BCUT2D eigenvalue weighted by atomic mass is 10.00. The maximum Gasteiger partial charge on any atom is 0.0839 e. The number of benzene rings is 4. The molecule has 5 rings (SSSR count). The van der Waals surface area contributed by atoms with E-state index in [0.717, 1.165) is 32.9 Å². The van der Waals surface area contributed by atoms with E-state index >= 15 is 0 Å². The van der Waals surface area contributed by atoms with Gasteiger partial charge in [0.05, 0.1) is 15.6 Å². The summed E-state index contributed by atoms with van der Waals surface area (Å²) in [5, 5.41) is 3.36. The lowest BCUT2D eigenvalue weighted by Crippen LogP contribution is -1.82. The topological polar surface area (TPSA) is 15.8 Å². The van der Waals surface area contributed by atoms with Gasteiger partial charge in [-0.05, 0) is 34.9 Å². The Morgan fingerprint density at radius 1 is 0.556 bits per heavy atom. The van der Waals surface area contributed by atoms with Crippen LogP contribution in [0.5, 0.6) is 0 Å². The van der Waals surface area contributed by atoms with Crippen LogP contribution in [0, 0.1) is 0 Å². The molecule has 0 saturated carbocycles. The highest BCUT2D eigenvalue weighted by atomic mass is 35.5. The minimum atomic E-state index is 0.561. The third kappa shape index (κ3) is 2.71. The summed E-state index contributed by atoms with van der Waals surface area (Å²) in [5.41, 5.74) is 6.29. The predicted octanol–water partition coefficient (Wildman–Crippen LogP) is 7.96. The lowest BCUT2D eigenvalue weighted by Gasteiger charge is -2.08. The van der Waals surface area contributed by atoms with Crippen LogP contribution in [0.1, 0.15) is 0 Å². The van der Waals surface area contributed by atoms with E-state index in [9.17, 15) is 0 Å². The molecule has 130 valence electrons. The summed E-state index contributed by atoms with van der Waals surface area (Å²) >= 11 is 13.3. The van der Waals surface area contributed by atoms with Crippen molar-refractivity contribution in [3.63, 3.8) is 0 Å². The van der Waals surface area contributed by atoms with E-state index in [0.29, 0.717) is 10.0 Å². The molecule has 0 atom stereocenters. The molecule has 4 aromatic carbocycles. The molecular formula is C24H15Cl2N. The van der Waals surface area contributed by atoms with Crippen LogP contribution in [-0.4, -0.2) is 4.98 Å². The second-order valence-corrected chi connectivity index (χ2v) is 7.35. The third-order valence-corrected chi connectivity index (χ3v) is 5.84. The number of halogens is 2. The molecule has 1 N–H and O–H groups in total. The average molecular weight is 388 g/mol. The van der Waals surface area contributed by atoms with Crippen LogP contribution in [-0.2, 0) is 0 Å². The van der Waals surface area contributed by atoms with Gasteiger partial charge in [-0.25, -0.2) is 0 Å². The van der Waals surface area contributed by atoms with Crippen LogP contribution in [0.15, 0.2) is 84.9 Å². The summed E-state index contributed by atoms with van der Waals surface area (Å²) in [4.78, 5) is 3.43. The van der Waals surface area contributed by atoms with E-state index in [2.05, 4.69) is 53.5 Å². The molecule has 0 unspecified atom stereocenters. The first-order valence-electron chi connectivity index (χ1n) is 8.76. The minimum absolute atomic E-state index is 0.561. The molecule has 0 radical (unpaired) electrons. The Bertz CT molecular complexity index is 1270. The van der Waals surface area contributed by atoms with Gasteiger partial charge in [0.1, 0.15) is 0 Å². The van der Waals surface area contributed by atoms with Crippen molar-refractivity contribution in [1.82, 2.24) is 4.98 Å². The molecule has 1 heterocycles. The number of fused-ring (bicyclic) bond motifs is 3. The molecule has 1 nitrogen and oxygen atoms in total. The second-order valence-electron chi connectivity index (χ2n) is 6.59. The number of aromatic nitrogens is 1. The summed E-state index contributed by atoms with van der Waals surface area (Å²) in [6.07, 6.45) is 0. The zero-order valence-corrected chi connectivity index (χ0v) is 15.9. The number of hydrogen-bond acceptors (Lipinski definition) is 0. The van der Waals surface area contributed by atoms with Crippen LogP contribution in [0.4, 0.5) is 0 Å². The Balaban J connectivity index is 1.81. The van der Waals surface area contributed by atoms with E-state index in [1.54, 1.807) is 0 Å². The van der Waals surface area contributed by atoms with Crippen molar-refractivity contribution in [2.24, 2.45) is 0 Å². The Morgan fingerprint density at radius 3 is 1.93 bits per heavy atom. The summed E-state index contributed by atoms with van der Waals surface area (Å²) in [7, 11) is 0. The van der Waals surface area contributed by atoms with E-state index in [1.165, 1.54) is 11.1 Å². The number of rotatable bonds is 2. The SMILES string of the molecule is Clc1c(-c2ccccc2)cc2c([nH]c3ccc(-c4ccccc4)cc32)c1Cl. The molecule has 0 amide bonds. The number of nitrogens with one attached hydrogen (secondary N) is 1. The van der Waals surface area contributed by atoms with Gasteiger partial charge in [0.25, 0.3) is 0 Å². The Hall–Kier alpha value is -2.74. The highest BCUT2D eigenvalue weighted by molar-refractivity contribution is 6.47. The van der Waals surface area contributed by atoms with Gasteiger partial charge in [-0.2, -0.15) is 0 Å². The van der Waals surface area contributed by atoms with Crippen molar-refractivity contribution in [2.45, 2.75) is 0 Å². The Morgan fingerprint density at radius 2 is 1.22 bits per heavy atom. The number of aromatic amines is 1.